The van der Waals surface area contributed by atoms with Gasteiger partial charge in [-0.1, -0.05) is 17.7 Å². The number of carbonyl (C=O) groups is 1. The van der Waals surface area contributed by atoms with Gasteiger partial charge in [-0.05, 0) is 55.6 Å². The Labute approximate surface area is 200 Å². The number of aryl methyl sites for hydroxylation is 1. The number of nitrogens with zero attached hydrogens (tertiary/aromatic N) is 2. The maximum Gasteiger partial charge on any atom is 0.261 e. The van der Waals surface area contributed by atoms with E-state index in [9.17, 15) is 4.79 Å². The molecule has 3 aromatic heterocycles. The average molecular weight is 486 g/mol. The van der Waals surface area contributed by atoms with Gasteiger partial charge in [-0.3, -0.25) is 4.79 Å². The van der Waals surface area contributed by atoms with Crippen LogP contribution in [0, 0.1) is 6.92 Å². The van der Waals surface area contributed by atoms with Gasteiger partial charge >= 0.3 is 0 Å². The first-order valence-electron chi connectivity index (χ1n) is 10.9. The third-order valence-electron chi connectivity index (χ3n) is 6.23. The number of rotatable bonds is 6. The Morgan fingerprint density at radius 1 is 1.22 bits per heavy atom. The summed E-state index contributed by atoms with van der Waals surface area (Å²) in [7, 11) is 0. The number of hydrogen-bond acceptors (Lipinski definition) is 4. The zero-order valence-electron chi connectivity index (χ0n) is 18.1. The summed E-state index contributed by atoms with van der Waals surface area (Å²) in [5.41, 5.74) is 1.85. The van der Waals surface area contributed by atoms with E-state index in [-0.39, 0.29) is 11.9 Å². The Bertz CT molecular complexity index is 1220. The molecule has 4 heterocycles. The van der Waals surface area contributed by atoms with Crippen LogP contribution in [0.4, 0.5) is 0 Å². The van der Waals surface area contributed by atoms with Gasteiger partial charge in [0.2, 0.25) is 0 Å². The molecule has 1 aliphatic rings. The second-order valence-corrected chi connectivity index (χ2v) is 10.9. The van der Waals surface area contributed by atoms with Crippen LogP contribution in [0.25, 0.3) is 15.9 Å². The van der Waals surface area contributed by atoms with Crippen LogP contribution in [0.2, 0.25) is 5.02 Å². The molecule has 1 amide bonds. The molecule has 32 heavy (non-hydrogen) atoms. The van der Waals surface area contributed by atoms with Crippen LogP contribution < -0.4 is 10.2 Å². The standard InChI is InChI=1S/C24H25ClN4OS2/c1-15-19-14-21(32-24(19)29(27-15)18-9-7-17(25)8-10-18)23(30)26-16(2)22(20-6-5-13-31-20)28-11-3-4-12-28/h5-10,13-14,16,22H,3-4,11-12H2,1-2H3,(H,26,30)/p+1/t16-,22+/m1/s1. The number of halogens is 1. The highest BCUT2D eigenvalue weighted by molar-refractivity contribution is 7.20. The number of nitrogens with one attached hydrogen (secondary N) is 2. The normalized spacial score (nSPS) is 16.5. The molecule has 2 atom stereocenters. The Morgan fingerprint density at radius 2 is 1.97 bits per heavy atom. The van der Waals surface area contributed by atoms with E-state index in [2.05, 4.69) is 34.9 Å². The first kappa shape index (κ1) is 21.6. The van der Waals surface area contributed by atoms with E-state index in [4.69, 9.17) is 11.6 Å². The van der Waals surface area contributed by atoms with Gasteiger partial charge in [0.15, 0.2) is 0 Å². The lowest BCUT2D eigenvalue weighted by Crippen LogP contribution is -3.11. The van der Waals surface area contributed by atoms with E-state index in [1.807, 2.05) is 41.9 Å². The first-order valence-corrected chi connectivity index (χ1v) is 13.0. The van der Waals surface area contributed by atoms with Gasteiger partial charge in [-0.25, -0.2) is 4.68 Å². The van der Waals surface area contributed by atoms with Crippen LogP contribution in [-0.2, 0) is 0 Å². The molecule has 8 heteroatoms. The van der Waals surface area contributed by atoms with Crippen molar-refractivity contribution < 1.29 is 9.69 Å². The number of fused-ring (bicyclic) bond motifs is 1. The Morgan fingerprint density at radius 3 is 2.66 bits per heavy atom. The van der Waals surface area contributed by atoms with E-state index < -0.39 is 0 Å². The molecule has 1 fully saturated rings. The molecule has 1 saturated heterocycles. The fourth-order valence-electron chi connectivity index (χ4n) is 4.69. The lowest BCUT2D eigenvalue weighted by molar-refractivity contribution is -0.920. The van der Waals surface area contributed by atoms with Crippen molar-refractivity contribution in [2.24, 2.45) is 0 Å². The lowest BCUT2D eigenvalue weighted by atomic mass is 10.1. The van der Waals surface area contributed by atoms with Gasteiger partial charge in [-0.2, -0.15) is 5.10 Å². The molecule has 1 aromatic carbocycles. The zero-order valence-corrected chi connectivity index (χ0v) is 20.5. The molecule has 4 aromatic rings. The van der Waals surface area contributed by atoms with Crippen LogP contribution in [-0.4, -0.2) is 34.8 Å². The summed E-state index contributed by atoms with van der Waals surface area (Å²) in [5.74, 6) is -0.0130. The lowest BCUT2D eigenvalue weighted by Gasteiger charge is -2.29. The highest BCUT2D eigenvalue weighted by Crippen LogP contribution is 2.31. The molecule has 0 aliphatic carbocycles. The van der Waals surface area contributed by atoms with Gasteiger partial charge in [0, 0.05) is 23.3 Å². The Kier molecular flexibility index (Phi) is 6.07. The molecule has 0 saturated carbocycles. The Hall–Kier alpha value is -2.19. The summed E-state index contributed by atoms with van der Waals surface area (Å²) in [4.78, 5) is 17.9. The molecule has 5 rings (SSSR count). The maximum atomic E-state index is 13.3. The minimum atomic E-state index is -0.0130. The summed E-state index contributed by atoms with van der Waals surface area (Å²) >= 11 is 9.32. The quantitative estimate of drug-likeness (QED) is 0.417. The minimum absolute atomic E-state index is 0.0130. The van der Waals surface area contributed by atoms with Crippen molar-refractivity contribution in [3.05, 3.63) is 68.3 Å². The van der Waals surface area contributed by atoms with Crippen molar-refractivity contribution >= 4 is 50.4 Å². The zero-order chi connectivity index (χ0) is 22.2. The van der Waals surface area contributed by atoms with E-state index >= 15 is 0 Å². The van der Waals surface area contributed by atoms with Gasteiger partial charge in [0.1, 0.15) is 10.9 Å². The monoisotopic (exact) mass is 485 g/mol. The van der Waals surface area contributed by atoms with Crippen molar-refractivity contribution in [2.45, 2.75) is 38.8 Å². The fraction of sp³-hybridized carbons (Fsp3) is 0.333. The number of amides is 1. The smallest absolute Gasteiger partial charge is 0.261 e. The third-order valence-corrected chi connectivity index (χ3v) is 8.55. The minimum Gasteiger partial charge on any atom is -0.342 e. The fourth-order valence-corrected chi connectivity index (χ4v) is 6.89. The largest absolute Gasteiger partial charge is 0.342 e. The SMILES string of the molecule is Cc1nn(-c2ccc(Cl)cc2)c2sc(C(=O)N[C@H](C)[C@@H](c3cccs3)[NH+]3CCCC3)cc12. The van der Waals surface area contributed by atoms with Crippen molar-refractivity contribution in [3.8, 4) is 5.69 Å². The number of hydrogen-bond donors (Lipinski definition) is 2. The van der Waals surface area contributed by atoms with Crippen LogP contribution in [0.1, 0.15) is 46.0 Å². The molecule has 0 spiro atoms. The molecule has 0 radical (unpaired) electrons. The van der Waals surface area contributed by atoms with E-state index in [1.54, 1.807) is 16.2 Å². The molecule has 2 N–H and O–H groups in total. The van der Waals surface area contributed by atoms with E-state index in [0.29, 0.717) is 11.1 Å². The van der Waals surface area contributed by atoms with Crippen LogP contribution in [0.3, 0.4) is 0 Å². The van der Waals surface area contributed by atoms with Crippen LogP contribution >= 0.6 is 34.3 Å². The summed E-state index contributed by atoms with van der Waals surface area (Å²) in [6.07, 6.45) is 2.52. The van der Waals surface area contributed by atoms with E-state index in [0.717, 1.165) is 26.5 Å². The molecular formula is C24H26ClN4OS2+. The molecule has 1 aliphatic heterocycles. The number of thiophene rings is 2. The highest BCUT2D eigenvalue weighted by Gasteiger charge is 2.34. The van der Waals surface area contributed by atoms with E-state index in [1.165, 1.54) is 42.1 Å². The topological polar surface area (TPSA) is 51.4 Å². The number of likely N-dealkylation sites (tertiary alicyclic amines) is 1. The number of benzene rings is 1. The van der Waals surface area contributed by atoms with Crippen LogP contribution in [0.15, 0.2) is 47.8 Å². The highest BCUT2D eigenvalue weighted by atomic mass is 35.5. The number of quaternary nitrogens is 1. The summed E-state index contributed by atoms with van der Waals surface area (Å²) in [6.45, 7) is 6.46. The second-order valence-electron chi connectivity index (χ2n) is 8.42. The Balaban J connectivity index is 1.41. The average Bonchev–Trinajstić information content (AvgIpc) is 3.56. The van der Waals surface area contributed by atoms with Gasteiger partial charge < -0.3 is 10.2 Å². The first-order chi connectivity index (χ1) is 15.5. The summed E-state index contributed by atoms with van der Waals surface area (Å²) < 4.78 is 1.90. The molecular weight excluding hydrogens is 460 g/mol. The molecule has 0 unspecified atom stereocenters. The second kappa shape index (κ2) is 8.98. The third kappa shape index (κ3) is 4.10. The molecule has 166 valence electrons. The van der Waals surface area contributed by atoms with Crippen molar-refractivity contribution in [1.82, 2.24) is 15.1 Å². The van der Waals surface area contributed by atoms with Gasteiger partial charge in [0.25, 0.3) is 5.91 Å². The molecule has 0 bridgehead atoms. The number of carbonyl (C=O) groups excluding carboxylic acids is 1. The summed E-state index contributed by atoms with van der Waals surface area (Å²) in [6, 6.07) is 14.2. The predicted octanol–water partition coefficient (Wildman–Crippen LogP) is 4.65. The van der Waals surface area contributed by atoms with Crippen molar-refractivity contribution in [2.75, 3.05) is 13.1 Å². The molecule has 5 nitrogen and oxygen atoms in total. The van der Waals surface area contributed by atoms with Gasteiger partial charge in [-0.15, -0.1) is 22.7 Å². The van der Waals surface area contributed by atoms with Crippen molar-refractivity contribution in [3.63, 3.8) is 0 Å². The predicted molar refractivity (Wildman–Crippen MR) is 133 cm³/mol. The number of aromatic nitrogens is 2. The maximum absolute atomic E-state index is 13.3. The summed E-state index contributed by atoms with van der Waals surface area (Å²) in [5, 5.41) is 11.8. The van der Waals surface area contributed by atoms with Crippen molar-refractivity contribution in [1.29, 1.82) is 0 Å². The van der Waals surface area contributed by atoms with Crippen LogP contribution in [0.5, 0.6) is 0 Å². The van der Waals surface area contributed by atoms with Gasteiger partial charge in [0.05, 0.1) is 40.3 Å².